The molecule has 29 heavy (non-hydrogen) atoms. The number of halogens is 2. The normalized spacial score (nSPS) is 15.7. The molecule has 10 heteroatoms. The smallest absolute Gasteiger partial charge is 0.263 e. The van der Waals surface area contributed by atoms with Gasteiger partial charge < -0.3 is 14.9 Å². The molecule has 3 rings (SSSR count). The molecule has 1 aliphatic rings. The van der Waals surface area contributed by atoms with Crippen LogP contribution in [0.1, 0.15) is 12.8 Å². The van der Waals surface area contributed by atoms with E-state index in [1.807, 2.05) is 7.05 Å². The number of nitrogens with one attached hydrogen (secondary N) is 1. The number of anilines is 2. The molecule has 0 atom stereocenters. The highest BCUT2D eigenvalue weighted by Crippen LogP contribution is 2.23. The Labute approximate surface area is 169 Å². The summed E-state index contributed by atoms with van der Waals surface area (Å²) in [5, 5.41) is 9.06. The Kier molecular flexibility index (Phi) is 6.66. The van der Waals surface area contributed by atoms with Gasteiger partial charge in [-0.15, -0.1) is 0 Å². The van der Waals surface area contributed by atoms with Gasteiger partial charge in [-0.05, 0) is 44.2 Å². The number of aliphatic hydroxyl groups excluding tert-OH is 1. The van der Waals surface area contributed by atoms with E-state index in [-0.39, 0.29) is 17.2 Å². The number of hydrogen-bond acceptors (Lipinski definition) is 6. The molecule has 0 spiro atoms. The molecular formula is C19H24F2N4O3S. The van der Waals surface area contributed by atoms with Crippen LogP contribution < -0.4 is 9.62 Å². The van der Waals surface area contributed by atoms with Gasteiger partial charge >= 0.3 is 0 Å². The van der Waals surface area contributed by atoms with Crippen LogP contribution in [-0.2, 0) is 10.0 Å². The van der Waals surface area contributed by atoms with E-state index in [0.717, 1.165) is 38.1 Å². The van der Waals surface area contributed by atoms with Gasteiger partial charge in [0.2, 0.25) is 0 Å². The molecule has 0 bridgehead atoms. The van der Waals surface area contributed by atoms with E-state index in [0.29, 0.717) is 24.5 Å². The standard InChI is InChI=1S/C19H24F2N4O3S/c1-24(8-9-26)17-4-6-25(7-5-17)19-3-2-18(13-22-19)29(27,28)23-16-11-14(20)10-15(21)12-16/h2-3,10-13,17,23,26H,4-9H2,1H3. The lowest BCUT2D eigenvalue weighted by Gasteiger charge is -2.37. The van der Waals surface area contributed by atoms with Crippen LogP contribution >= 0.6 is 0 Å². The zero-order chi connectivity index (χ0) is 21.0. The monoisotopic (exact) mass is 426 g/mol. The molecule has 0 saturated carbocycles. The van der Waals surface area contributed by atoms with Crippen LogP contribution in [0.5, 0.6) is 0 Å². The number of aliphatic hydroxyl groups is 1. The molecule has 0 amide bonds. The lowest BCUT2D eigenvalue weighted by Crippen LogP contribution is -2.44. The molecule has 0 unspecified atom stereocenters. The van der Waals surface area contributed by atoms with E-state index in [4.69, 9.17) is 5.11 Å². The Morgan fingerprint density at radius 3 is 2.41 bits per heavy atom. The van der Waals surface area contributed by atoms with E-state index in [1.165, 1.54) is 12.3 Å². The summed E-state index contributed by atoms with van der Waals surface area (Å²) in [4.78, 5) is 8.38. The molecule has 2 heterocycles. The van der Waals surface area contributed by atoms with Crippen molar-refractivity contribution in [3.05, 3.63) is 48.2 Å². The first-order valence-corrected chi connectivity index (χ1v) is 10.8. The van der Waals surface area contributed by atoms with Gasteiger partial charge in [-0.2, -0.15) is 0 Å². The number of pyridine rings is 1. The molecule has 2 N–H and O–H groups in total. The van der Waals surface area contributed by atoms with Crippen LogP contribution in [0.25, 0.3) is 0 Å². The van der Waals surface area contributed by atoms with Crippen LogP contribution in [0.2, 0.25) is 0 Å². The second-order valence-corrected chi connectivity index (χ2v) is 8.72. The van der Waals surface area contributed by atoms with Crippen LogP contribution in [0.3, 0.4) is 0 Å². The first-order valence-electron chi connectivity index (χ1n) is 9.29. The molecule has 0 radical (unpaired) electrons. The second-order valence-electron chi connectivity index (χ2n) is 7.04. The van der Waals surface area contributed by atoms with Crippen molar-refractivity contribution in [2.75, 3.05) is 42.9 Å². The molecule has 1 aromatic carbocycles. The summed E-state index contributed by atoms with van der Waals surface area (Å²) in [6.07, 6.45) is 3.08. The predicted molar refractivity (Wildman–Crippen MR) is 106 cm³/mol. The fraction of sp³-hybridized carbons (Fsp3) is 0.421. The van der Waals surface area contributed by atoms with Crippen molar-refractivity contribution in [1.82, 2.24) is 9.88 Å². The summed E-state index contributed by atoms with van der Waals surface area (Å²) in [6, 6.07) is 5.91. The zero-order valence-electron chi connectivity index (χ0n) is 16.1. The highest BCUT2D eigenvalue weighted by Gasteiger charge is 2.23. The number of hydrogen-bond donors (Lipinski definition) is 2. The average molecular weight is 426 g/mol. The first-order chi connectivity index (χ1) is 13.8. The van der Waals surface area contributed by atoms with Gasteiger partial charge in [0, 0.05) is 37.9 Å². The largest absolute Gasteiger partial charge is 0.395 e. The van der Waals surface area contributed by atoms with E-state index in [1.54, 1.807) is 6.07 Å². The van der Waals surface area contributed by atoms with Crippen molar-refractivity contribution in [3.63, 3.8) is 0 Å². The summed E-state index contributed by atoms with van der Waals surface area (Å²) >= 11 is 0. The lowest BCUT2D eigenvalue weighted by molar-refractivity contribution is 0.161. The molecule has 1 aromatic heterocycles. The van der Waals surface area contributed by atoms with Gasteiger partial charge in [-0.25, -0.2) is 22.2 Å². The molecule has 2 aromatic rings. The van der Waals surface area contributed by atoms with Gasteiger partial charge in [0.05, 0.1) is 12.3 Å². The van der Waals surface area contributed by atoms with Crippen molar-refractivity contribution in [1.29, 1.82) is 0 Å². The Morgan fingerprint density at radius 1 is 1.21 bits per heavy atom. The number of piperidine rings is 1. The summed E-state index contributed by atoms with van der Waals surface area (Å²) in [5.74, 6) is -1.07. The minimum atomic E-state index is -4.02. The number of nitrogens with zero attached hydrogens (tertiary/aromatic N) is 3. The number of sulfonamides is 1. The van der Waals surface area contributed by atoms with Crippen molar-refractivity contribution < 1.29 is 22.3 Å². The van der Waals surface area contributed by atoms with E-state index in [9.17, 15) is 17.2 Å². The fourth-order valence-corrected chi connectivity index (χ4v) is 4.41. The number of likely N-dealkylation sites (N-methyl/N-ethyl adjacent to an activating group) is 1. The van der Waals surface area contributed by atoms with Crippen LogP contribution in [0, 0.1) is 11.6 Å². The van der Waals surface area contributed by atoms with Crippen molar-refractivity contribution in [2.45, 2.75) is 23.8 Å². The van der Waals surface area contributed by atoms with Gasteiger partial charge in [0.1, 0.15) is 22.3 Å². The third kappa shape index (κ3) is 5.40. The van der Waals surface area contributed by atoms with Crippen molar-refractivity contribution in [3.8, 4) is 0 Å². The number of aromatic nitrogens is 1. The molecule has 1 saturated heterocycles. The Hall–Kier alpha value is -2.30. The molecule has 1 fully saturated rings. The molecule has 1 aliphatic heterocycles. The van der Waals surface area contributed by atoms with E-state index in [2.05, 4.69) is 19.5 Å². The molecular weight excluding hydrogens is 402 g/mol. The van der Waals surface area contributed by atoms with Gasteiger partial charge in [-0.1, -0.05) is 0 Å². The molecule has 7 nitrogen and oxygen atoms in total. The summed E-state index contributed by atoms with van der Waals surface area (Å²) < 4.78 is 53.6. The fourth-order valence-electron chi connectivity index (χ4n) is 3.42. The zero-order valence-corrected chi connectivity index (χ0v) is 16.9. The SMILES string of the molecule is CN(CCO)C1CCN(c2ccc(S(=O)(=O)Nc3cc(F)cc(F)c3)cn2)CC1. The van der Waals surface area contributed by atoms with Gasteiger partial charge in [0.15, 0.2) is 0 Å². The summed E-state index contributed by atoms with van der Waals surface area (Å²) in [6.45, 7) is 2.32. The van der Waals surface area contributed by atoms with Gasteiger partial charge in [0.25, 0.3) is 10.0 Å². The van der Waals surface area contributed by atoms with Gasteiger partial charge in [-0.3, -0.25) is 4.72 Å². The number of rotatable bonds is 7. The summed E-state index contributed by atoms with van der Waals surface area (Å²) in [7, 11) is -2.02. The highest BCUT2D eigenvalue weighted by atomic mass is 32.2. The lowest BCUT2D eigenvalue weighted by atomic mass is 10.0. The Morgan fingerprint density at radius 2 is 1.86 bits per heavy atom. The minimum absolute atomic E-state index is 0.0940. The van der Waals surface area contributed by atoms with E-state index < -0.39 is 21.7 Å². The topological polar surface area (TPSA) is 85.8 Å². The predicted octanol–water partition coefficient (Wildman–Crippen LogP) is 2.05. The van der Waals surface area contributed by atoms with Crippen molar-refractivity contribution in [2.24, 2.45) is 0 Å². The first kappa shape index (κ1) is 21.4. The maximum absolute atomic E-state index is 13.3. The van der Waals surface area contributed by atoms with Crippen LogP contribution in [0.15, 0.2) is 41.4 Å². The second kappa shape index (κ2) is 9.02. The minimum Gasteiger partial charge on any atom is -0.395 e. The molecule has 0 aliphatic carbocycles. The Bertz CT molecular complexity index is 913. The van der Waals surface area contributed by atoms with Crippen molar-refractivity contribution >= 4 is 21.5 Å². The molecule has 158 valence electrons. The third-order valence-corrected chi connectivity index (χ3v) is 6.38. The average Bonchev–Trinajstić information content (AvgIpc) is 2.67. The number of benzene rings is 1. The quantitative estimate of drug-likeness (QED) is 0.705. The van der Waals surface area contributed by atoms with E-state index >= 15 is 0 Å². The maximum atomic E-state index is 13.3. The van der Waals surface area contributed by atoms with Crippen LogP contribution in [0.4, 0.5) is 20.3 Å². The third-order valence-electron chi connectivity index (χ3n) is 5.01. The van der Waals surface area contributed by atoms with Crippen LogP contribution in [-0.4, -0.2) is 62.7 Å². The highest BCUT2D eigenvalue weighted by molar-refractivity contribution is 7.92. The maximum Gasteiger partial charge on any atom is 0.263 e. The Balaban J connectivity index is 1.65. The summed E-state index contributed by atoms with van der Waals surface area (Å²) in [5.41, 5.74) is -0.194.